The molecule has 1 N–H and O–H groups in total. The SMILES string of the molecule is CCC1CN2C(=O)N(c3ccccc3)c3nc(-c4ccc(Br)cc4)[nH]c3C2=N1.Cl. The van der Waals surface area contributed by atoms with Crippen LogP contribution in [0.3, 0.4) is 0 Å². The van der Waals surface area contributed by atoms with Crippen LogP contribution in [0.25, 0.3) is 11.4 Å². The lowest BCUT2D eigenvalue weighted by molar-refractivity contribution is 0.229. The maximum atomic E-state index is 13.3. The molecule has 2 aromatic carbocycles. The average Bonchev–Trinajstić information content (AvgIpc) is 3.34. The van der Waals surface area contributed by atoms with Crippen molar-refractivity contribution in [2.75, 3.05) is 11.4 Å². The fourth-order valence-corrected chi connectivity index (χ4v) is 3.88. The molecular formula is C21H19BrClN5O. The van der Waals surface area contributed by atoms with Crippen molar-refractivity contribution in [3.8, 4) is 11.4 Å². The van der Waals surface area contributed by atoms with Gasteiger partial charge in [0.1, 0.15) is 11.5 Å². The van der Waals surface area contributed by atoms with Crippen molar-refractivity contribution in [2.45, 2.75) is 19.4 Å². The number of carbonyl (C=O) groups excluding carboxylic acids is 1. The van der Waals surface area contributed by atoms with Gasteiger partial charge >= 0.3 is 6.03 Å². The number of hydrogen-bond donors (Lipinski definition) is 1. The standard InChI is InChI=1S/C21H18BrN5O.ClH/c1-2-15-12-26-19(23-15)17-20(27(21(26)28)16-6-4-3-5-7-16)25-18(24-17)13-8-10-14(22)11-9-13;/h3-11,15H,2,12H2,1H3,(H,24,25);1H. The Balaban J connectivity index is 0.00000205. The van der Waals surface area contributed by atoms with E-state index in [9.17, 15) is 4.79 Å². The predicted octanol–water partition coefficient (Wildman–Crippen LogP) is 5.37. The number of amides is 2. The lowest BCUT2D eigenvalue weighted by Crippen LogP contribution is -2.48. The fraction of sp³-hybridized carbons (Fsp3) is 0.190. The number of imidazole rings is 1. The number of aromatic nitrogens is 2. The van der Waals surface area contributed by atoms with Crippen LogP contribution in [0, 0.1) is 0 Å². The molecule has 3 aromatic rings. The summed E-state index contributed by atoms with van der Waals surface area (Å²) in [7, 11) is 0. The molecule has 1 atom stereocenters. The highest BCUT2D eigenvalue weighted by atomic mass is 79.9. The van der Waals surface area contributed by atoms with E-state index in [0.717, 1.165) is 33.7 Å². The van der Waals surface area contributed by atoms with Gasteiger partial charge < -0.3 is 4.98 Å². The van der Waals surface area contributed by atoms with E-state index in [-0.39, 0.29) is 24.5 Å². The van der Waals surface area contributed by atoms with Gasteiger partial charge in [-0.05, 0) is 30.7 Å². The van der Waals surface area contributed by atoms with E-state index in [1.54, 1.807) is 9.80 Å². The van der Waals surface area contributed by atoms with E-state index in [1.165, 1.54) is 0 Å². The van der Waals surface area contributed by atoms with Gasteiger partial charge in [0.05, 0.1) is 18.3 Å². The number of aromatic amines is 1. The number of carbonyl (C=O) groups is 1. The number of amidine groups is 1. The number of H-pyrrole nitrogens is 1. The third-order valence-corrected chi connectivity index (χ3v) is 5.63. The van der Waals surface area contributed by atoms with E-state index in [1.807, 2.05) is 54.6 Å². The van der Waals surface area contributed by atoms with Gasteiger partial charge in [-0.2, -0.15) is 0 Å². The van der Waals surface area contributed by atoms with Gasteiger partial charge in [-0.25, -0.2) is 14.7 Å². The topological polar surface area (TPSA) is 64.6 Å². The molecule has 5 rings (SSSR count). The van der Waals surface area contributed by atoms with Crippen LogP contribution in [0.2, 0.25) is 0 Å². The molecule has 148 valence electrons. The first-order valence-electron chi connectivity index (χ1n) is 9.26. The third-order valence-electron chi connectivity index (χ3n) is 5.10. The van der Waals surface area contributed by atoms with Crippen molar-refractivity contribution in [2.24, 2.45) is 4.99 Å². The minimum atomic E-state index is -0.109. The summed E-state index contributed by atoms with van der Waals surface area (Å²) in [5.74, 6) is 2.01. The Morgan fingerprint density at radius 3 is 2.55 bits per heavy atom. The zero-order valence-corrected chi connectivity index (χ0v) is 18.1. The molecule has 0 bridgehead atoms. The maximum Gasteiger partial charge on any atom is 0.336 e. The fourth-order valence-electron chi connectivity index (χ4n) is 3.62. The van der Waals surface area contributed by atoms with Crippen molar-refractivity contribution >= 4 is 51.7 Å². The van der Waals surface area contributed by atoms with Gasteiger partial charge in [0.15, 0.2) is 11.7 Å². The molecule has 1 unspecified atom stereocenters. The molecule has 1 aromatic heterocycles. The molecule has 8 heteroatoms. The summed E-state index contributed by atoms with van der Waals surface area (Å²) in [6.07, 6.45) is 0.891. The largest absolute Gasteiger partial charge is 0.336 e. The number of nitrogens with one attached hydrogen (secondary N) is 1. The minimum absolute atomic E-state index is 0. The zero-order chi connectivity index (χ0) is 19.3. The van der Waals surface area contributed by atoms with E-state index in [4.69, 9.17) is 9.98 Å². The Morgan fingerprint density at radius 2 is 1.86 bits per heavy atom. The van der Waals surface area contributed by atoms with E-state index in [2.05, 4.69) is 27.8 Å². The molecule has 29 heavy (non-hydrogen) atoms. The summed E-state index contributed by atoms with van der Waals surface area (Å²) in [5, 5.41) is 0. The van der Waals surface area contributed by atoms with Gasteiger partial charge in [-0.3, -0.25) is 9.89 Å². The molecule has 2 amide bonds. The van der Waals surface area contributed by atoms with E-state index < -0.39 is 0 Å². The Kier molecular flexibility index (Phi) is 5.19. The van der Waals surface area contributed by atoms with Gasteiger partial charge in [0, 0.05) is 10.0 Å². The molecule has 0 saturated carbocycles. The zero-order valence-electron chi connectivity index (χ0n) is 15.7. The van der Waals surface area contributed by atoms with E-state index in [0.29, 0.717) is 18.2 Å². The summed E-state index contributed by atoms with van der Waals surface area (Å²) >= 11 is 3.47. The number of anilines is 2. The van der Waals surface area contributed by atoms with Gasteiger partial charge in [0.25, 0.3) is 0 Å². The van der Waals surface area contributed by atoms with Gasteiger partial charge in [-0.15, -0.1) is 12.4 Å². The van der Waals surface area contributed by atoms with Crippen LogP contribution >= 0.6 is 28.3 Å². The molecule has 0 radical (unpaired) electrons. The molecule has 2 aliphatic heterocycles. The second kappa shape index (κ2) is 7.65. The predicted molar refractivity (Wildman–Crippen MR) is 120 cm³/mol. The second-order valence-corrected chi connectivity index (χ2v) is 7.79. The normalized spacial score (nSPS) is 17.5. The number of nitrogens with zero attached hydrogens (tertiary/aromatic N) is 4. The van der Waals surface area contributed by atoms with Crippen molar-refractivity contribution < 1.29 is 4.79 Å². The molecule has 0 saturated heterocycles. The molecule has 2 aliphatic rings. The lowest BCUT2D eigenvalue weighted by atomic mass is 10.2. The molecule has 6 nitrogen and oxygen atoms in total. The molecule has 3 heterocycles. The molecule has 0 fully saturated rings. The number of rotatable bonds is 3. The first-order valence-corrected chi connectivity index (χ1v) is 10.1. The highest BCUT2D eigenvalue weighted by Crippen LogP contribution is 2.37. The minimum Gasteiger partial charge on any atom is -0.334 e. The highest BCUT2D eigenvalue weighted by molar-refractivity contribution is 9.10. The van der Waals surface area contributed by atoms with Crippen LogP contribution in [0.15, 0.2) is 64.1 Å². The number of para-hydroxylation sites is 1. The van der Waals surface area contributed by atoms with E-state index >= 15 is 0 Å². The summed E-state index contributed by atoms with van der Waals surface area (Å²) in [4.78, 5) is 29.8. The quantitative estimate of drug-likeness (QED) is 0.557. The monoisotopic (exact) mass is 471 g/mol. The third kappa shape index (κ3) is 3.24. The smallest absolute Gasteiger partial charge is 0.334 e. The molecule has 0 spiro atoms. The van der Waals surface area contributed by atoms with Crippen LogP contribution in [0.1, 0.15) is 19.0 Å². The van der Waals surface area contributed by atoms with Crippen LogP contribution < -0.4 is 4.90 Å². The second-order valence-electron chi connectivity index (χ2n) is 6.87. The Hall–Kier alpha value is -2.64. The lowest BCUT2D eigenvalue weighted by Gasteiger charge is -2.32. The Morgan fingerprint density at radius 1 is 1.14 bits per heavy atom. The maximum absolute atomic E-state index is 13.3. The van der Waals surface area contributed by atoms with Crippen molar-refractivity contribution in [3.05, 3.63) is 64.8 Å². The van der Waals surface area contributed by atoms with Crippen LogP contribution in [0.4, 0.5) is 16.3 Å². The summed E-state index contributed by atoms with van der Waals surface area (Å²) in [6.45, 7) is 2.69. The number of urea groups is 1. The first-order chi connectivity index (χ1) is 13.7. The number of fused-ring (bicyclic) bond motifs is 3. The summed E-state index contributed by atoms with van der Waals surface area (Å²) < 4.78 is 1.01. The van der Waals surface area contributed by atoms with Crippen LogP contribution in [-0.2, 0) is 0 Å². The van der Waals surface area contributed by atoms with Crippen molar-refractivity contribution in [1.82, 2.24) is 14.9 Å². The first kappa shape index (κ1) is 19.7. The number of benzene rings is 2. The summed E-state index contributed by atoms with van der Waals surface area (Å²) in [5.41, 5.74) is 2.54. The van der Waals surface area contributed by atoms with Crippen LogP contribution in [-0.4, -0.2) is 39.3 Å². The number of hydrogen-bond acceptors (Lipinski definition) is 3. The summed E-state index contributed by atoms with van der Waals surface area (Å²) in [6, 6.07) is 17.6. The number of halogens is 2. The molecular weight excluding hydrogens is 454 g/mol. The Labute approximate surface area is 183 Å². The van der Waals surface area contributed by atoms with Crippen molar-refractivity contribution in [1.29, 1.82) is 0 Å². The van der Waals surface area contributed by atoms with Crippen LogP contribution in [0.5, 0.6) is 0 Å². The van der Waals surface area contributed by atoms with Crippen molar-refractivity contribution in [3.63, 3.8) is 0 Å². The highest BCUT2D eigenvalue weighted by Gasteiger charge is 2.42. The van der Waals surface area contributed by atoms with Gasteiger partial charge in [0.2, 0.25) is 0 Å². The average molecular weight is 473 g/mol. The van der Waals surface area contributed by atoms with Gasteiger partial charge in [-0.1, -0.05) is 53.2 Å². The molecule has 0 aliphatic carbocycles. The Bertz CT molecular complexity index is 1080. The number of aliphatic imine (C=N–C) groups is 1.